The molecule has 0 bridgehead atoms. The maximum Gasteiger partial charge on any atom is 0.330 e. The summed E-state index contributed by atoms with van der Waals surface area (Å²) in [7, 11) is 0. The van der Waals surface area contributed by atoms with E-state index in [1.807, 2.05) is 31.2 Å². The minimum absolute atomic E-state index is 0.119. The van der Waals surface area contributed by atoms with Gasteiger partial charge >= 0.3 is 12.0 Å². The molecule has 0 fully saturated rings. The Balaban J connectivity index is 2.26. The molecule has 8 heteroatoms. The van der Waals surface area contributed by atoms with Gasteiger partial charge in [0, 0.05) is 3.57 Å². The molecule has 0 spiro atoms. The van der Waals surface area contributed by atoms with Gasteiger partial charge in [0.15, 0.2) is 0 Å². The summed E-state index contributed by atoms with van der Waals surface area (Å²) in [5.74, 6) is 6.09. The lowest BCUT2D eigenvalue weighted by molar-refractivity contribution is 0.304. The number of hydrazine groups is 1. The first-order valence-corrected chi connectivity index (χ1v) is 6.58. The van der Waals surface area contributed by atoms with E-state index in [9.17, 15) is 0 Å². The van der Waals surface area contributed by atoms with Gasteiger partial charge in [-0.15, -0.1) is 4.98 Å². The fraction of sp³-hybridized carbons (Fsp3) is 0.182. The summed E-state index contributed by atoms with van der Waals surface area (Å²) in [6.45, 7) is 2.27. The molecule has 1 heterocycles. The number of nitrogen functional groups attached to an aromatic ring is 1. The van der Waals surface area contributed by atoms with E-state index in [0.717, 1.165) is 3.57 Å². The van der Waals surface area contributed by atoms with Gasteiger partial charge in [0.2, 0.25) is 5.95 Å². The molecule has 3 N–H and O–H groups in total. The van der Waals surface area contributed by atoms with Crippen LogP contribution in [0.5, 0.6) is 17.8 Å². The number of nitrogens with two attached hydrogens (primary N) is 1. The standard InChI is InChI=1S/C11H12IN5O2/c1-2-18-10-14-9(17-13)15-11(16-10)19-8-5-3-4-7(12)6-8/h3-6H,2,13H2,1H3,(H,14,15,16,17). The molecule has 19 heavy (non-hydrogen) atoms. The molecule has 1 aromatic carbocycles. The van der Waals surface area contributed by atoms with Crippen LogP contribution < -0.4 is 20.7 Å². The van der Waals surface area contributed by atoms with Crippen LogP contribution in [0.1, 0.15) is 6.92 Å². The number of nitrogens with one attached hydrogen (secondary N) is 1. The Hall–Kier alpha value is -1.68. The topological polar surface area (TPSA) is 95.2 Å². The van der Waals surface area contributed by atoms with E-state index in [2.05, 4.69) is 43.0 Å². The van der Waals surface area contributed by atoms with Gasteiger partial charge in [-0.05, 0) is 47.7 Å². The van der Waals surface area contributed by atoms with Gasteiger partial charge < -0.3 is 9.47 Å². The van der Waals surface area contributed by atoms with Gasteiger partial charge in [0.25, 0.3) is 0 Å². The number of rotatable bonds is 5. The van der Waals surface area contributed by atoms with Crippen LogP contribution in [0.25, 0.3) is 0 Å². The van der Waals surface area contributed by atoms with Gasteiger partial charge in [-0.3, -0.25) is 5.43 Å². The molecule has 0 amide bonds. The van der Waals surface area contributed by atoms with Gasteiger partial charge in [-0.1, -0.05) is 6.07 Å². The first kappa shape index (κ1) is 13.7. The molecule has 0 aliphatic heterocycles. The number of halogens is 1. The Morgan fingerprint density at radius 3 is 2.74 bits per heavy atom. The Kier molecular flexibility index (Phi) is 4.68. The average Bonchev–Trinajstić information content (AvgIpc) is 2.39. The monoisotopic (exact) mass is 373 g/mol. The van der Waals surface area contributed by atoms with Crippen molar-refractivity contribution >= 4 is 28.5 Å². The van der Waals surface area contributed by atoms with Crippen molar-refractivity contribution in [2.75, 3.05) is 12.0 Å². The summed E-state index contributed by atoms with van der Waals surface area (Å²) in [6.07, 6.45) is 0. The van der Waals surface area contributed by atoms with Gasteiger partial charge in [-0.25, -0.2) is 5.84 Å². The lowest BCUT2D eigenvalue weighted by Crippen LogP contribution is -2.12. The van der Waals surface area contributed by atoms with Crippen LogP contribution in [0.15, 0.2) is 24.3 Å². The average molecular weight is 373 g/mol. The Morgan fingerprint density at radius 1 is 1.26 bits per heavy atom. The summed E-state index contributed by atoms with van der Waals surface area (Å²) < 4.78 is 11.8. The molecule has 0 radical (unpaired) electrons. The second-order valence-corrected chi connectivity index (χ2v) is 4.61. The van der Waals surface area contributed by atoms with E-state index in [-0.39, 0.29) is 18.0 Å². The SMILES string of the molecule is CCOc1nc(NN)nc(Oc2cccc(I)c2)n1. The van der Waals surface area contributed by atoms with Crippen LogP contribution in [0.3, 0.4) is 0 Å². The van der Waals surface area contributed by atoms with Crippen molar-refractivity contribution in [1.82, 2.24) is 15.0 Å². The van der Waals surface area contributed by atoms with E-state index in [4.69, 9.17) is 15.3 Å². The molecule has 0 aliphatic rings. The number of ether oxygens (including phenoxy) is 2. The zero-order valence-corrected chi connectivity index (χ0v) is 12.3. The largest absolute Gasteiger partial charge is 0.464 e. The van der Waals surface area contributed by atoms with Crippen LogP contribution in [0.2, 0.25) is 0 Å². The Morgan fingerprint density at radius 2 is 2.05 bits per heavy atom. The lowest BCUT2D eigenvalue weighted by Gasteiger charge is -2.07. The Bertz CT molecular complexity index is 567. The van der Waals surface area contributed by atoms with Crippen LogP contribution in [-0.2, 0) is 0 Å². The van der Waals surface area contributed by atoms with Crippen LogP contribution >= 0.6 is 22.6 Å². The quantitative estimate of drug-likeness (QED) is 0.470. The summed E-state index contributed by atoms with van der Waals surface area (Å²) in [4.78, 5) is 12.0. The highest BCUT2D eigenvalue weighted by Gasteiger charge is 2.08. The molecule has 100 valence electrons. The van der Waals surface area contributed by atoms with Gasteiger partial charge in [0.05, 0.1) is 6.61 Å². The smallest absolute Gasteiger partial charge is 0.330 e. The predicted molar refractivity (Wildman–Crippen MR) is 78.0 cm³/mol. The second kappa shape index (κ2) is 6.48. The van der Waals surface area contributed by atoms with Crippen LogP contribution in [-0.4, -0.2) is 21.6 Å². The maximum atomic E-state index is 5.55. The zero-order valence-electron chi connectivity index (χ0n) is 10.1. The number of nitrogens with zero attached hydrogens (tertiary/aromatic N) is 3. The van der Waals surface area contributed by atoms with Crippen molar-refractivity contribution in [2.45, 2.75) is 6.92 Å². The molecular weight excluding hydrogens is 361 g/mol. The zero-order chi connectivity index (χ0) is 13.7. The van der Waals surface area contributed by atoms with Crippen LogP contribution in [0, 0.1) is 3.57 Å². The molecule has 2 aromatic rings. The first-order chi connectivity index (χ1) is 9.21. The molecule has 7 nitrogen and oxygen atoms in total. The third-order valence-electron chi connectivity index (χ3n) is 2.00. The normalized spacial score (nSPS) is 10.1. The van der Waals surface area contributed by atoms with Crippen molar-refractivity contribution in [3.8, 4) is 17.8 Å². The number of hydrogen-bond donors (Lipinski definition) is 2. The number of anilines is 1. The minimum Gasteiger partial charge on any atom is -0.464 e. The summed E-state index contributed by atoms with van der Waals surface area (Å²) in [6, 6.07) is 7.78. The van der Waals surface area contributed by atoms with E-state index >= 15 is 0 Å². The predicted octanol–water partition coefficient (Wildman–Crippen LogP) is 1.95. The van der Waals surface area contributed by atoms with Crippen molar-refractivity contribution < 1.29 is 9.47 Å². The summed E-state index contributed by atoms with van der Waals surface area (Å²) in [5.41, 5.74) is 2.34. The fourth-order valence-corrected chi connectivity index (χ4v) is 1.79. The van der Waals surface area contributed by atoms with E-state index in [1.165, 1.54) is 0 Å². The number of benzene rings is 1. The highest BCUT2D eigenvalue weighted by atomic mass is 127. The molecule has 0 saturated carbocycles. The molecular formula is C11H12IN5O2. The van der Waals surface area contributed by atoms with Crippen molar-refractivity contribution in [1.29, 1.82) is 0 Å². The van der Waals surface area contributed by atoms with E-state index < -0.39 is 0 Å². The number of hydrogen-bond acceptors (Lipinski definition) is 7. The first-order valence-electron chi connectivity index (χ1n) is 5.50. The fourth-order valence-electron chi connectivity index (χ4n) is 1.28. The summed E-state index contributed by atoms with van der Waals surface area (Å²) >= 11 is 2.19. The molecule has 1 aromatic heterocycles. The third-order valence-corrected chi connectivity index (χ3v) is 2.67. The maximum absolute atomic E-state index is 5.55. The molecule has 2 rings (SSSR count). The highest BCUT2D eigenvalue weighted by molar-refractivity contribution is 14.1. The lowest BCUT2D eigenvalue weighted by atomic mass is 10.3. The van der Waals surface area contributed by atoms with Crippen LogP contribution in [0.4, 0.5) is 5.95 Å². The van der Waals surface area contributed by atoms with Gasteiger partial charge in [0.1, 0.15) is 5.75 Å². The van der Waals surface area contributed by atoms with Gasteiger partial charge in [-0.2, -0.15) is 9.97 Å². The highest BCUT2D eigenvalue weighted by Crippen LogP contribution is 2.21. The number of aromatic nitrogens is 3. The molecule has 0 saturated heterocycles. The Labute approximate surface area is 123 Å². The molecule has 0 aliphatic carbocycles. The molecule has 0 unspecified atom stereocenters. The third kappa shape index (κ3) is 3.89. The van der Waals surface area contributed by atoms with E-state index in [0.29, 0.717) is 12.4 Å². The van der Waals surface area contributed by atoms with Crippen molar-refractivity contribution in [3.05, 3.63) is 27.8 Å². The van der Waals surface area contributed by atoms with Crippen molar-refractivity contribution in [2.24, 2.45) is 5.84 Å². The minimum atomic E-state index is 0.119. The summed E-state index contributed by atoms with van der Waals surface area (Å²) in [5, 5.41) is 0. The molecule has 0 atom stereocenters. The van der Waals surface area contributed by atoms with E-state index in [1.54, 1.807) is 0 Å². The van der Waals surface area contributed by atoms with Crippen molar-refractivity contribution in [3.63, 3.8) is 0 Å². The second-order valence-electron chi connectivity index (χ2n) is 3.36.